The first-order valence-electron chi connectivity index (χ1n) is 10.6. The van der Waals surface area contributed by atoms with Gasteiger partial charge in [0, 0.05) is 29.4 Å². The molecule has 0 atom stereocenters. The van der Waals surface area contributed by atoms with Gasteiger partial charge in [0.15, 0.2) is 0 Å². The molecule has 5 nitrogen and oxygen atoms in total. The summed E-state index contributed by atoms with van der Waals surface area (Å²) < 4.78 is 5.93. The van der Waals surface area contributed by atoms with Gasteiger partial charge in [0.1, 0.15) is 12.4 Å². The molecule has 1 amide bonds. The van der Waals surface area contributed by atoms with Crippen LogP contribution in [0.15, 0.2) is 85.2 Å². The van der Waals surface area contributed by atoms with Gasteiger partial charge in [-0.1, -0.05) is 36.4 Å². The zero-order valence-corrected chi connectivity index (χ0v) is 18.2. The molecule has 4 aromatic rings. The third kappa shape index (κ3) is 5.38. The number of amides is 1. The lowest BCUT2D eigenvalue weighted by Crippen LogP contribution is -2.30. The highest BCUT2D eigenvalue weighted by Crippen LogP contribution is 2.23. The van der Waals surface area contributed by atoms with E-state index >= 15 is 0 Å². The smallest absolute Gasteiger partial charge is 0.252 e. The van der Waals surface area contributed by atoms with Crippen LogP contribution >= 0.6 is 0 Å². The molecular formula is C27H25N3O2. The maximum absolute atomic E-state index is 12.8. The molecule has 0 radical (unpaired) electrons. The van der Waals surface area contributed by atoms with E-state index in [9.17, 15) is 4.79 Å². The highest BCUT2D eigenvalue weighted by Gasteiger charge is 2.13. The molecule has 1 N–H and O–H groups in total. The summed E-state index contributed by atoms with van der Waals surface area (Å²) in [6, 6.07) is 23.4. The van der Waals surface area contributed by atoms with Crippen LogP contribution in [0, 0.1) is 0 Å². The van der Waals surface area contributed by atoms with Gasteiger partial charge in [0.25, 0.3) is 5.91 Å². The lowest BCUT2D eigenvalue weighted by Gasteiger charge is -2.13. The van der Waals surface area contributed by atoms with Crippen molar-refractivity contribution in [3.63, 3.8) is 0 Å². The fourth-order valence-electron chi connectivity index (χ4n) is 3.32. The number of ether oxygens (including phenoxy) is 1. The first kappa shape index (κ1) is 21.2. The summed E-state index contributed by atoms with van der Waals surface area (Å²) in [6.07, 6.45) is 5.29. The van der Waals surface area contributed by atoms with Gasteiger partial charge in [0.05, 0.1) is 11.2 Å². The first-order valence-corrected chi connectivity index (χ1v) is 10.6. The van der Waals surface area contributed by atoms with Gasteiger partial charge < -0.3 is 10.1 Å². The molecule has 4 rings (SSSR count). The molecule has 0 aliphatic heterocycles. The van der Waals surface area contributed by atoms with Crippen molar-refractivity contribution in [3.8, 4) is 5.75 Å². The average molecular weight is 424 g/mol. The van der Waals surface area contributed by atoms with E-state index in [1.54, 1.807) is 12.4 Å². The Balaban J connectivity index is 1.51. The van der Waals surface area contributed by atoms with E-state index in [4.69, 9.17) is 4.74 Å². The number of pyridine rings is 2. The van der Waals surface area contributed by atoms with Crippen molar-refractivity contribution in [2.45, 2.75) is 26.5 Å². The number of benzene rings is 2. The second kappa shape index (κ2) is 9.88. The Morgan fingerprint density at radius 2 is 1.72 bits per heavy atom. The van der Waals surface area contributed by atoms with E-state index in [1.165, 1.54) is 0 Å². The van der Waals surface area contributed by atoms with E-state index in [2.05, 4.69) is 15.3 Å². The largest absolute Gasteiger partial charge is 0.487 e. The topological polar surface area (TPSA) is 64.1 Å². The second-order valence-corrected chi connectivity index (χ2v) is 7.78. The van der Waals surface area contributed by atoms with Gasteiger partial charge in [-0.25, -0.2) is 4.98 Å². The van der Waals surface area contributed by atoms with Crippen LogP contribution in [0.1, 0.15) is 30.7 Å². The summed E-state index contributed by atoms with van der Waals surface area (Å²) in [5.41, 5.74) is 4.13. The first-order chi connectivity index (χ1) is 15.6. The van der Waals surface area contributed by atoms with Crippen molar-refractivity contribution in [2.75, 3.05) is 0 Å². The van der Waals surface area contributed by atoms with Crippen molar-refractivity contribution < 1.29 is 9.53 Å². The van der Waals surface area contributed by atoms with E-state index in [1.807, 2.05) is 92.7 Å². The summed E-state index contributed by atoms with van der Waals surface area (Å²) in [5.74, 6) is 0.599. The minimum atomic E-state index is -0.120. The molecule has 2 heterocycles. The summed E-state index contributed by atoms with van der Waals surface area (Å²) in [5, 5.41) is 4.08. The Kier molecular flexibility index (Phi) is 6.56. The molecule has 0 aliphatic carbocycles. The molecular weight excluding hydrogens is 398 g/mol. The Morgan fingerprint density at radius 3 is 2.47 bits per heavy atom. The molecule has 0 bridgehead atoms. The molecule has 2 aromatic heterocycles. The summed E-state index contributed by atoms with van der Waals surface area (Å²) in [7, 11) is 0. The number of fused-ring (bicyclic) bond motifs is 1. The Bertz CT molecular complexity index is 1230. The lowest BCUT2D eigenvalue weighted by molar-refractivity contribution is -0.116. The standard InChI is InChI=1S/C27H25N3O2/c1-19(2)29-27(31)25(17-20-13-15-28-16-14-20)21-8-11-24(12-9-21)32-18-23-10-7-22-5-3-4-6-26(22)30-23/h3-17,19H,18H2,1-2H3,(H,29,31)/b25-17+. The molecule has 0 fully saturated rings. The molecule has 0 spiro atoms. The quantitative estimate of drug-likeness (QED) is 0.411. The number of hydrogen-bond acceptors (Lipinski definition) is 4. The van der Waals surface area contributed by atoms with E-state index in [0.29, 0.717) is 12.2 Å². The predicted octanol–water partition coefficient (Wildman–Crippen LogP) is 5.27. The molecule has 2 aromatic carbocycles. The zero-order chi connectivity index (χ0) is 22.3. The Labute approximate surface area is 187 Å². The van der Waals surface area contributed by atoms with E-state index in [0.717, 1.165) is 33.5 Å². The fourth-order valence-corrected chi connectivity index (χ4v) is 3.32. The van der Waals surface area contributed by atoms with Crippen molar-refractivity contribution in [2.24, 2.45) is 0 Å². The monoisotopic (exact) mass is 423 g/mol. The van der Waals surface area contributed by atoms with Crippen molar-refractivity contribution in [3.05, 3.63) is 102 Å². The minimum absolute atomic E-state index is 0.0420. The number of rotatable bonds is 7. The lowest BCUT2D eigenvalue weighted by atomic mass is 10.0. The molecule has 5 heteroatoms. The summed E-state index contributed by atoms with van der Waals surface area (Å²) in [4.78, 5) is 21.5. The molecule has 32 heavy (non-hydrogen) atoms. The SMILES string of the molecule is CC(C)NC(=O)/C(=C/c1ccncc1)c1ccc(OCc2ccc3ccccc3n2)cc1. The van der Waals surface area contributed by atoms with Crippen LogP contribution in [0.4, 0.5) is 0 Å². The summed E-state index contributed by atoms with van der Waals surface area (Å²) >= 11 is 0. The highest BCUT2D eigenvalue weighted by atomic mass is 16.5. The third-order valence-electron chi connectivity index (χ3n) is 4.89. The normalized spacial score (nSPS) is 11.5. The average Bonchev–Trinajstić information content (AvgIpc) is 2.82. The van der Waals surface area contributed by atoms with Crippen LogP contribution in [0.3, 0.4) is 0 Å². The van der Waals surface area contributed by atoms with Gasteiger partial charge in [-0.15, -0.1) is 0 Å². The number of nitrogens with zero attached hydrogens (tertiary/aromatic N) is 2. The number of para-hydroxylation sites is 1. The molecule has 0 unspecified atom stereocenters. The van der Waals surface area contributed by atoms with Crippen molar-refractivity contribution in [1.29, 1.82) is 0 Å². The molecule has 0 saturated carbocycles. The van der Waals surface area contributed by atoms with E-state index < -0.39 is 0 Å². The number of carbonyl (C=O) groups is 1. The number of nitrogens with one attached hydrogen (secondary N) is 1. The third-order valence-corrected chi connectivity index (χ3v) is 4.89. The van der Waals surface area contributed by atoms with Crippen LogP contribution in [-0.2, 0) is 11.4 Å². The predicted molar refractivity (Wildman–Crippen MR) is 128 cm³/mol. The van der Waals surface area contributed by atoms with Gasteiger partial charge in [-0.2, -0.15) is 0 Å². The van der Waals surface area contributed by atoms with Crippen LogP contribution in [0.5, 0.6) is 5.75 Å². The zero-order valence-electron chi connectivity index (χ0n) is 18.2. The minimum Gasteiger partial charge on any atom is -0.487 e. The second-order valence-electron chi connectivity index (χ2n) is 7.78. The van der Waals surface area contributed by atoms with Crippen molar-refractivity contribution >= 4 is 28.5 Å². The highest BCUT2D eigenvalue weighted by molar-refractivity contribution is 6.24. The Hall–Kier alpha value is -3.99. The van der Waals surface area contributed by atoms with Crippen molar-refractivity contribution in [1.82, 2.24) is 15.3 Å². The Morgan fingerprint density at radius 1 is 0.969 bits per heavy atom. The fraction of sp³-hybridized carbons (Fsp3) is 0.148. The van der Waals surface area contributed by atoms with Crippen LogP contribution in [-0.4, -0.2) is 21.9 Å². The van der Waals surface area contributed by atoms with Gasteiger partial charge in [0.2, 0.25) is 0 Å². The van der Waals surface area contributed by atoms with Crippen LogP contribution < -0.4 is 10.1 Å². The molecule has 160 valence electrons. The van der Waals surface area contributed by atoms with E-state index in [-0.39, 0.29) is 11.9 Å². The maximum atomic E-state index is 12.8. The number of aromatic nitrogens is 2. The maximum Gasteiger partial charge on any atom is 0.252 e. The molecule has 0 aliphatic rings. The number of hydrogen-bond donors (Lipinski definition) is 1. The van der Waals surface area contributed by atoms with Gasteiger partial charge in [-0.3, -0.25) is 9.78 Å². The molecule has 0 saturated heterocycles. The van der Waals surface area contributed by atoms with Gasteiger partial charge >= 0.3 is 0 Å². The summed E-state index contributed by atoms with van der Waals surface area (Å²) in [6.45, 7) is 4.26. The van der Waals surface area contributed by atoms with Crippen LogP contribution in [0.25, 0.3) is 22.6 Å². The number of carbonyl (C=O) groups excluding carboxylic acids is 1. The van der Waals surface area contributed by atoms with Gasteiger partial charge in [-0.05, 0) is 67.4 Å². The van der Waals surface area contributed by atoms with Crippen LogP contribution in [0.2, 0.25) is 0 Å².